The first-order valence-electron chi connectivity index (χ1n) is 7.85. The zero-order valence-electron chi connectivity index (χ0n) is 14.2. The molecule has 0 aliphatic carbocycles. The van der Waals surface area contributed by atoms with E-state index in [2.05, 4.69) is 4.98 Å². The van der Waals surface area contributed by atoms with Gasteiger partial charge in [-0.15, -0.1) is 11.3 Å². The Labute approximate surface area is 153 Å². The van der Waals surface area contributed by atoms with Crippen LogP contribution in [0.3, 0.4) is 0 Å². The number of carbonyl (C=O) groups is 1. The summed E-state index contributed by atoms with van der Waals surface area (Å²) >= 11 is 2.77. The fourth-order valence-corrected chi connectivity index (χ4v) is 4.20. The minimum Gasteiger partial charge on any atom is -0.494 e. The third-order valence-corrected chi connectivity index (χ3v) is 5.65. The molecule has 3 rings (SSSR count). The van der Waals surface area contributed by atoms with Gasteiger partial charge in [0.2, 0.25) is 0 Å². The second kappa shape index (κ2) is 7.41. The van der Waals surface area contributed by atoms with E-state index < -0.39 is 0 Å². The van der Waals surface area contributed by atoms with Gasteiger partial charge in [0, 0.05) is 17.5 Å². The molecule has 3 aromatic rings. The van der Waals surface area contributed by atoms with Crippen molar-refractivity contribution in [2.75, 3.05) is 12.4 Å². The molecule has 0 fully saturated rings. The Bertz CT molecular complexity index is 974. The van der Waals surface area contributed by atoms with Crippen LogP contribution in [0, 0.1) is 6.92 Å². The van der Waals surface area contributed by atoms with E-state index in [0.717, 1.165) is 15.5 Å². The highest BCUT2D eigenvalue weighted by atomic mass is 32.2. The van der Waals surface area contributed by atoms with Gasteiger partial charge in [0.05, 0.1) is 17.7 Å². The molecule has 2 heterocycles. The van der Waals surface area contributed by atoms with E-state index in [4.69, 9.17) is 4.74 Å². The summed E-state index contributed by atoms with van der Waals surface area (Å²) < 4.78 is 6.88. The van der Waals surface area contributed by atoms with Crippen molar-refractivity contribution in [3.63, 3.8) is 0 Å². The van der Waals surface area contributed by atoms with Crippen molar-refractivity contribution in [3.05, 3.63) is 51.1 Å². The maximum absolute atomic E-state index is 12.4. The molecule has 0 saturated heterocycles. The molecule has 1 aromatic carbocycles. The number of aryl methyl sites for hydroxylation is 1. The lowest BCUT2D eigenvalue weighted by Gasteiger charge is -2.07. The van der Waals surface area contributed by atoms with Crippen molar-refractivity contribution in [3.8, 4) is 5.75 Å². The number of nitrogens with zero attached hydrogens (tertiary/aromatic N) is 2. The summed E-state index contributed by atoms with van der Waals surface area (Å²) in [5.74, 6) is 0.962. The normalized spacial score (nSPS) is 11.0. The van der Waals surface area contributed by atoms with Gasteiger partial charge in [0.1, 0.15) is 10.6 Å². The SMILES string of the molecule is CCOc1ccc(C(=O)CSc2nc3sc(C)cc3c(=O)n2C)cc1. The predicted molar refractivity (Wildman–Crippen MR) is 102 cm³/mol. The lowest BCUT2D eigenvalue weighted by molar-refractivity contribution is 0.102. The number of rotatable bonds is 6. The van der Waals surface area contributed by atoms with Gasteiger partial charge >= 0.3 is 0 Å². The number of thiophene rings is 1. The van der Waals surface area contributed by atoms with Crippen molar-refractivity contribution < 1.29 is 9.53 Å². The van der Waals surface area contributed by atoms with Crippen LogP contribution in [0.4, 0.5) is 0 Å². The molecular weight excluding hydrogens is 356 g/mol. The first-order chi connectivity index (χ1) is 12.0. The summed E-state index contributed by atoms with van der Waals surface area (Å²) in [6.07, 6.45) is 0. The average Bonchev–Trinajstić information content (AvgIpc) is 2.98. The van der Waals surface area contributed by atoms with E-state index in [1.807, 2.05) is 19.9 Å². The van der Waals surface area contributed by atoms with Gasteiger partial charge in [-0.1, -0.05) is 11.8 Å². The topological polar surface area (TPSA) is 61.2 Å². The Hall–Kier alpha value is -2.12. The molecular formula is C18H18N2O3S2. The summed E-state index contributed by atoms with van der Waals surface area (Å²) in [4.78, 5) is 31.1. The van der Waals surface area contributed by atoms with Crippen molar-refractivity contribution in [1.82, 2.24) is 9.55 Å². The number of ether oxygens (including phenoxy) is 1. The van der Waals surface area contributed by atoms with Crippen LogP contribution < -0.4 is 10.3 Å². The molecule has 0 atom stereocenters. The predicted octanol–water partition coefficient (Wildman–Crippen LogP) is 3.68. The number of carbonyl (C=O) groups excluding carboxylic acids is 1. The third kappa shape index (κ3) is 3.77. The van der Waals surface area contributed by atoms with Gasteiger partial charge in [-0.2, -0.15) is 0 Å². The van der Waals surface area contributed by atoms with E-state index in [9.17, 15) is 9.59 Å². The Morgan fingerprint density at radius 1 is 1.32 bits per heavy atom. The highest BCUT2D eigenvalue weighted by Crippen LogP contribution is 2.24. The van der Waals surface area contributed by atoms with Gasteiger partial charge in [-0.05, 0) is 44.2 Å². The fourth-order valence-electron chi connectivity index (χ4n) is 2.41. The molecule has 0 N–H and O–H groups in total. The highest BCUT2D eigenvalue weighted by molar-refractivity contribution is 7.99. The van der Waals surface area contributed by atoms with Crippen molar-refractivity contribution in [1.29, 1.82) is 0 Å². The van der Waals surface area contributed by atoms with E-state index in [1.54, 1.807) is 31.3 Å². The molecule has 2 aromatic heterocycles. The second-order valence-corrected chi connectivity index (χ2v) is 7.68. The number of hydrogen-bond donors (Lipinski definition) is 0. The van der Waals surface area contributed by atoms with Gasteiger partial charge in [-0.25, -0.2) is 4.98 Å². The number of benzene rings is 1. The van der Waals surface area contributed by atoms with Crippen LogP contribution in [0.1, 0.15) is 22.2 Å². The Morgan fingerprint density at radius 3 is 2.72 bits per heavy atom. The maximum atomic E-state index is 12.4. The minimum absolute atomic E-state index is 0.00949. The Balaban J connectivity index is 1.76. The average molecular weight is 374 g/mol. The van der Waals surface area contributed by atoms with E-state index in [0.29, 0.717) is 22.7 Å². The third-order valence-electron chi connectivity index (χ3n) is 3.67. The first-order valence-corrected chi connectivity index (χ1v) is 9.66. The van der Waals surface area contributed by atoms with Crippen molar-refractivity contribution >= 4 is 39.1 Å². The molecule has 130 valence electrons. The molecule has 0 amide bonds. The molecule has 0 unspecified atom stereocenters. The van der Waals surface area contributed by atoms with Crippen LogP contribution >= 0.6 is 23.1 Å². The van der Waals surface area contributed by atoms with E-state index in [-0.39, 0.29) is 17.1 Å². The zero-order chi connectivity index (χ0) is 18.0. The number of ketones is 1. The van der Waals surface area contributed by atoms with Crippen LogP contribution in [0.15, 0.2) is 40.3 Å². The van der Waals surface area contributed by atoms with Gasteiger partial charge in [0.15, 0.2) is 10.9 Å². The summed E-state index contributed by atoms with van der Waals surface area (Å²) in [7, 11) is 1.69. The molecule has 0 aliphatic heterocycles. The second-order valence-electron chi connectivity index (χ2n) is 5.50. The van der Waals surface area contributed by atoms with Crippen LogP contribution in [0.2, 0.25) is 0 Å². The van der Waals surface area contributed by atoms with Gasteiger partial charge in [0.25, 0.3) is 5.56 Å². The van der Waals surface area contributed by atoms with E-state index in [1.165, 1.54) is 27.7 Å². The number of hydrogen-bond acceptors (Lipinski definition) is 6. The van der Waals surface area contributed by atoms with Gasteiger partial charge in [-0.3, -0.25) is 14.2 Å². The molecule has 0 radical (unpaired) electrons. The molecule has 0 bridgehead atoms. The number of aromatic nitrogens is 2. The Kier molecular flexibility index (Phi) is 5.24. The minimum atomic E-state index is -0.0784. The molecule has 0 aliphatic rings. The monoisotopic (exact) mass is 374 g/mol. The van der Waals surface area contributed by atoms with Crippen LogP contribution in [0.25, 0.3) is 10.2 Å². The molecule has 25 heavy (non-hydrogen) atoms. The smallest absolute Gasteiger partial charge is 0.262 e. The standard InChI is InChI=1S/C18H18N2O3S2/c1-4-23-13-7-5-12(6-8-13)15(21)10-24-18-19-16-14(9-11(2)25-16)17(22)20(18)3/h5-9H,4,10H2,1-3H3. The molecule has 0 saturated carbocycles. The van der Waals surface area contributed by atoms with Crippen LogP contribution in [0.5, 0.6) is 5.75 Å². The van der Waals surface area contributed by atoms with Crippen molar-refractivity contribution in [2.24, 2.45) is 7.05 Å². The number of fused-ring (bicyclic) bond motifs is 1. The van der Waals surface area contributed by atoms with Gasteiger partial charge < -0.3 is 4.74 Å². The summed E-state index contributed by atoms with van der Waals surface area (Å²) in [5.41, 5.74) is 0.541. The highest BCUT2D eigenvalue weighted by Gasteiger charge is 2.13. The van der Waals surface area contributed by atoms with Crippen LogP contribution in [-0.2, 0) is 7.05 Å². The lowest BCUT2D eigenvalue weighted by atomic mass is 10.1. The molecule has 5 nitrogen and oxygen atoms in total. The van der Waals surface area contributed by atoms with Crippen molar-refractivity contribution in [2.45, 2.75) is 19.0 Å². The quantitative estimate of drug-likeness (QED) is 0.374. The summed E-state index contributed by atoms with van der Waals surface area (Å²) in [5, 5.41) is 1.19. The number of Topliss-reactive ketones (excluding diaryl/α,β-unsaturated/α-hetero) is 1. The maximum Gasteiger partial charge on any atom is 0.262 e. The van der Waals surface area contributed by atoms with Crippen LogP contribution in [-0.4, -0.2) is 27.7 Å². The summed E-state index contributed by atoms with van der Waals surface area (Å²) in [6.45, 7) is 4.46. The lowest BCUT2D eigenvalue weighted by Crippen LogP contribution is -2.19. The fraction of sp³-hybridized carbons (Fsp3) is 0.278. The first kappa shape index (κ1) is 17.7. The Morgan fingerprint density at radius 2 is 2.04 bits per heavy atom. The molecule has 7 heteroatoms. The molecule has 0 spiro atoms. The largest absolute Gasteiger partial charge is 0.494 e. The summed E-state index contributed by atoms with van der Waals surface area (Å²) in [6, 6.07) is 8.94. The zero-order valence-corrected chi connectivity index (χ0v) is 15.9. The van der Waals surface area contributed by atoms with E-state index >= 15 is 0 Å². The number of thioether (sulfide) groups is 1.